The molecule has 0 saturated heterocycles. The molecule has 6 heteroatoms. The van der Waals surface area contributed by atoms with Crippen LogP contribution in [0.2, 0.25) is 5.02 Å². The summed E-state index contributed by atoms with van der Waals surface area (Å²) in [4.78, 5) is 18.7. The van der Waals surface area contributed by atoms with Gasteiger partial charge in [-0.25, -0.2) is 4.98 Å². The topological polar surface area (TPSA) is 42.4 Å². The van der Waals surface area contributed by atoms with Gasteiger partial charge >= 0.3 is 0 Å². The van der Waals surface area contributed by atoms with Crippen molar-refractivity contribution in [3.8, 4) is 17.0 Å². The number of hydrogen-bond donors (Lipinski definition) is 0. The molecule has 0 atom stereocenters. The van der Waals surface area contributed by atoms with Crippen LogP contribution in [0.15, 0.2) is 53.9 Å². The molecule has 0 spiro atoms. The third-order valence-electron chi connectivity index (χ3n) is 3.57. The van der Waals surface area contributed by atoms with Crippen molar-refractivity contribution in [2.24, 2.45) is 0 Å². The van der Waals surface area contributed by atoms with Crippen LogP contribution in [0.4, 0.5) is 5.13 Å². The van der Waals surface area contributed by atoms with Crippen molar-refractivity contribution in [3.63, 3.8) is 0 Å². The summed E-state index contributed by atoms with van der Waals surface area (Å²) in [6.45, 7) is 0. The highest BCUT2D eigenvalue weighted by Crippen LogP contribution is 2.29. The van der Waals surface area contributed by atoms with E-state index in [-0.39, 0.29) is 5.91 Å². The van der Waals surface area contributed by atoms with E-state index in [1.54, 1.807) is 38.4 Å². The van der Waals surface area contributed by atoms with E-state index in [0.717, 1.165) is 17.0 Å². The largest absolute Gasteiger partial charge is 0.497 e. The Bertz CT molecular complexity index is 861. The second-order valence-corrected chi connectivity index (χ2v) is 6.33. The zero-order chi connectivity index (χ0) is 17.1. The van der Waals surface area contributed by atoms with Crippen molar-refractivity contribution in [1.82, 2.24) is 4.98 Å². The van der Waals surface area contributed by atoms with Gasteiger partial charge in [0.05, 0.1) is 23.4 Å². The Morgan fingerprint density at radius 1 is 1.17 bits per heavy atom. The Labute approximate surface area is 149 Å². The molecule has 0 aliphatic rings. The molecule has 0 aliphatic carbocycles. The fraction of sp³-hybridized carbons (Fsp3) is 0.111. The quantitative estimate of drug-likeness (QED) is 0.676. The standard InChI is InChI=1S/C18H15ClN2O2S/c1-21(17(22)14-5-3-4-6-15(14)19)18-20-16(11-24-18)12-7-9-13(23-2)10-8-12/h3-11H,1-2H3. The summed E-state index contributed by atoms with van der Waals surface area (Å²) < 4.78 is 5.16. The fourth-order valence-electron chi connectivity index (χ4n) is 2.21. The number of amides is 1. The van der Waals surface area contributed by atoms with Crippen molar-refractivity contribution < 1.29 is 9.53 Å². The number of benzene rings is 2. The third kappa shape index (κ3) is 3.27. The number of rotatable bonds is 4. The number of anilines is 1. The van der Waals surface area contributed by atoms with Crippen molar-refractivity contribution >= 4 is 34.0 Å². The number of aromatic nitrogens is 1. The highest BCUT2D eigenvalue weighted by molar-refractivity contribution is 7.14. The second kappa shape index (κ2) is 7.03. The zero-order valence-corrected chi connectivity index (χ0v) is 14.8. The highest BCUT2D eigenvalue weighted by Gasteiger charge is 2.19. The number of ether oxygens (including phenoxy) is 1. The first-order valence-electron chi connectivity index (χ1n) is 7.22. The summed E-state index contributed by atoms with van der Waals surface area (Å²) in [6, 6.07) is 14.6. The molecule has 0 saturated carbocycles. The maximum atomic E-state index is 12.6. The Morgan fingerprint density at radius 2 is 1.88 bits per heavy atom. The Kier molecular flexibility index (Phi) is 4.83. The van der Waals surface area contributed by atoms with Gasteiger partial charge in [-0.1, -0.05) is 23.7 Å². The first-order valence-corrected chi connectivity index (χ1v) is 8.48. The van der Waals surface area contributed by atoms with Crippen LogP contribution < -0.4 is 9.64 Å². The van der Waals surface area contributed by atoms with Crippen LogP contribution in [0.1, 0.15) is 10.4 Å². The molecule has 3 rings (SSSR count). The van der Waals surface area contributed by atoms with E-state index in [1.165, 1.54) is 16.2 Å². The summed E-state index contributed by atoms with van der Waals surface area (Å²) in [6.07, 6.45) is 0. The molecule has 0 radical (unpaired) electrons. The van der Waals surface area contributed by atoms with Crippen molar-refractivity contribution in [1.29, 1.82) is 0 Å². The SMILES string of the molecule is COc1ccc(-c2csc(N(C)C(=O)c3ccccc3Cl)n2)cc1. The Balaban J connectivity index is 1.84. The van der Waals surface area contributed by atoms with E-state index >= 15 is 0 Å². The molecule has 0 bridgehead atoms. The van der Waals surface area contributed by atoms with E-state index < -0.39 is 0 Å². The fourth-order valence-corrected chi connectivity index (χ4v) is 3.23. The number of thiazole rings is 1. The molecule has 0 aliphatic heterocycles. The lowest BCUT2D eigenvalue weighted by Gasteiger charge is -2.14. The van der Waals surface area contributed by atoms with Crippen molar-refractivity contribution in [2.75, 3.05) is 19.1 Å². The Morgan fingerprint density at radius 3 is 2.54 bits per heavy atom. The summed E-state index contributed by atoms with van der Waals surface area (Å²) in [7, 11) is 3.33. The molecular weight excluding hydrogens is 344 g/mol. The number of carbonyl (C=O) groups excluding carboxylic acids is 1. The molecule has 3 aromatic rings. The molecule has 0 N–H and O–H groups in total. The van der Waals surface area contributed by atoms with Crippen LogP contribution in [-0.2, 0) is 0 Å². The number of methoxy groups -OCH3 is 1. The molecule has 122 valence electrons. The molecule has 0 fully saturated rings. The molecule has 24 heavy (non-hydrogen) atoms. The molecule has 0 unspecified atom stereocenters. The number of hydrogen-bond acceptors (Lipinski definition) is 4. The van der Waals surface area contributed by atoms with Crippen LogP contribution in [0.25, 0.3) is 11.3 Å². The molecular formula is C18H15ClN2O2S. The first kappa shape index (κ1) is 16.5. The van der Waals surface area contributed by atoms with Gasteiger partial charge in [0, 0.05) is 18.0 Å². The second-order valence-electron chi connectivity index (χ2n) is 5.09. The van der Waals surface area contributed by atoms with E-state index in [9.17, 15) is 4.79 Å². The van der Waals surface area contributed by atoms with Gasteiger partial charge in [0.1, 0.15) is 5.75 Å². The molecule has 2 aromatic carbocycles. The van der Waals surface area contributed by atoms with Gasteiger partial charge in [-0.3, -0.25) is 9.69 Å². The van der Waals surface area contributed by atoms with Gasteiger partial charge in [-0.15, -0.1) is 11.3 Å². The first-order chi connectivity index (χ1) is 11.6. The smallest absolute Gasteiger partial charge is 0.261 e. The molecule has 1 aromatic heterocycles. The number of nitrogens with zero attached hydrogens (tertiary/aromatic N) is 2. The number of carbonyl (C=O) groups is 1. The van der Waals surface area contributed by atoms with Crippen LogP contribution in [0.5, 0.6) is 5.75 Å². The van der Waals surface area contributed by atoms with Crippen LogP contribution in [0, 0.1) is 0 Å². The van der Waals surface area contributed by atoms with Gasteiger partial charge in [0.25, 0.3) is 5.91 Å². The van der Waals surface area contributed by atoms with Crippen LogP contribution in [-0.4, -0.2) is 25.0 Å². The summed E-state index contributed by atoms with van der Waals surface area (Å²) >= 11 is 7.51. The Hall–Kier alpha value is -2.37. The normalized spacial score (nSPS) is 10.5. The van der Waals surface area contributed by atoms with E-state index in [1.807, 2.05) is 29.6 Å². The maximum Gasteiger partial charge on any atom is 0.261 e. The van der Waals surface area contributed by atoms with Crippen LogP contribution >= 0.6 is 22.9 Å². The summed E-state index contributed by atoms with van der Waals surface area (Å²) in [5, 5.41) is 2.97. The van der Waals surface area contributed by atoms with E-state index in [4.69, 9.17) is 16.3 Å². The van der Waals surface area contributed by atoms with Crippen molar-refractivity contribution in [3.05, 3.63) is 64.5 Å². The minimum Gasteiger partial charge on any atom is -0.497 e. The molecule has 4 nitrogen and oxygen atoms in total. The minimum absolute atomic E-state index is 0.184. The predicted molar refractivity (Wildman–Crippen MR) is 98.3 cm³/mol. The van der Waals surface area contributed by atoms with Crippen molar-refractivity contribution in [2.45, 2.75) is 0 Å². The lowest BCUT2D eigenvalue weighted by Crippen LogP contribution is -2.26. The average Bonchev–Trinajstić information content (AvgIpc) is 3.11. The monoisotopic (exact) mass is 358 g/mol. The maximum absolute atomic E-state index is 12.6. The highest BCUT2D eigenvalue weighted by atomic mass is 35.5. The minimum atomic E-state index is -0.184. The molecule has 1 amide bonds. The lowest BCUT2D eigenvalue weighted by molar-refractivity contribution is 0.0993. The number of halogens is 1. The average molecular weight is 359 g/mol. The zero-order valence-electron chi connectivity index (χ0n) is 13.2. The molecule has 1 heterocycles. The van der Waals surface area contributed by atoms with E-state index in [0.29, 0.717) is 15.7 Å². The summed E-state index contributed by atoms with van der Waals surface area (Å²) in [5.41, 5.74) is 2.25. The predicted octanol–water partition coefficient (Wildman–Crippen LogP) is 4.75. The lowest BCUT2D eigenvalue weighted by atomic mass is 10.2. The van der Waals surface area contributed by atoms with Gasteiger partial charge in [0.2, 0.25) is 0 Å². The van der Waals surface area contributed by atoms with Gasteiger partial charge in [-0.05, 0) is 36.4 Å². The van der Waals surface area contributed by atoms with Crippen LogP contribution in [0.3, 0.4) is 0 Å². The van der Waals surface area contributed by atoms with Gasteiger partial charge in [0.15, 0.2) is 5.13 Å². The summed E-state index contributed by atoms with van der Waals surface area (Å²) in [5.74, 6) is 0.608. The van der Waals surface area contributed by atoms with Gasteiger partial charge in [-0.2, -0.15) is 0 Å². The third-order valence-corrected chi connectivity index (χ3v) is 4.82. The van der Waals surface area contributed by atoms with E-state index in [2.05, 4.69) is 4.98 Å². The van der Waals surface area contributed by atoms with Gasteiger partial charge < -0.3 is 4.74 Å².